The Bertz CT molecular complexity index is 811. The first-order valence-corrected chi connectivity index (χ1v) is 9.23. The Morgan fingerprint density at radius 3 is 2.32 bits per heavy atom. The lowest BCUT2D eigenvalue weighted by molar-refractivity contribution is -0.139. The average molecular weight is 385 g/mol. The maximum Gasteiger partial charge on any atom is 0.408 e. The van der Waals surface area contributed by atoms with Crippen molar-refractivity contribution in [3.63, 3.8) is 0 Å². The van der Waals surface area contributed by atoms with E-state index in [2.05, 4.69) is 5.32 Å². The molecule has 6 nitrogen and oxygen atoms in total. The minimum Gasteiger partial charge on any atom is -0.494 e. The number of amides is 1. The third-order valence-electron chi connectivity index (χ3n) is 3.88. The second kappa shape index (κ2) is 9.26. The van der Waals surface area contributed by atoms with Crippen LogP contribution in [-0.4, -0.2) is 35.4 Å². The Morgan fingerprint density at radius 1 is 1.07 bits per heavy atom. The molecule has 0 aromatic heterocycles. The van der Waals surface area contributed by atoms with Crippen molar-refractivity contribution in [2.45, 2.75) is 45.8 Å². The predicted molar refractivity (Wildman–Crippen MR) is 108 cm³/mol. The van der Waals surface area contributed by atoms with E-state index in [9.17, 15) is 14.7 Å². The van der Waals surface area contributed by atoms with Crippen molar-refractivity contribution in [1.29, 1.82) is 0 Å². The van der Waals surface area contributed by atoms with Gasteiger partial charge in [0, 0.05) is 6.42 Å². The zero-order valence-corrected chi connectivity index (χ0v) is 16.7. The molecule has 1 atom stereocenters. The summed E-state index contributed by atoms with van der Waals surface area (Å²) >= 11 is 0. The van der Waals surface area contributed by atoms with Gasteiger partial charge in [0.05, 0.1) is 6.61 Å². The molecule has 28 heavy (non-hydrogen) atoms. The van der Waals surface area contributed by atoms with Gasteiger partial charge in [-0.25, -0.2) is 9.59 Å². The molecule has 0 bridgehead atoms. The van der Waals surface area contributed by atoms with Crippen molar-refractivity contribution in [3.8, 4) is 16.9 Å². The summed E-state index contributed by atoms with van der Waals surface area (Å²) in [6.07, 6.45) is -0.693. The molecule has 0 aliphatic heterocycles. The predicted octanol–water partition coefficient (Wildman–Crippen LogP) is 4.27. The van der Waals surface area contributed by atoms with Crippen LogP contribution in [0, 0.1) is 0 Å². The molecule has 0 aliphatic rings. The summed E-state index contributed by atoms with van der Waals surface area (Å²) in [5.74, 6) is -0.544. The largest absolute Gasteiger partial charge is 0.494 e. The molecule has 150 valence electrons. The number of carbonyl (C=O) groups excluding carboxylic acids is 1. The SMILES string of the molecule is CCOc1ccc(-c2ccccc2)cc1CC(NC(=O)OC(C)(C)C)C(=O)O. The molecule has 0 saturated heterocycles. The second-order valence-electron chi connectivity index (χ2n) is 7.36. The Kier molecular flexibility index (Phi) is 7.04. The Morgan fingerprint density at radius 2 is 1.75 bits per heavy atom. The van der Waals surface area contributed by atoms with Gasteiger partial charge in [0.15, 0.2) is 0 Å². The molecule has 2 aromatic carbocycles. The monoisotopic (exact) mass is 385 g/mol. The number of hydrogen-bond acceptors (Lipinski definition) is 4. The van der Waals surface area contributed by atoms with Crippen LogP contribution < -0.4 is 10.1 Å². The molecule has 0 fully saturated rings. The number of rotatable bonds is 7. The minimum atomic E-state index is -1.14. The van der Waals surface area contributed by atoms with Crippen molar-refractivity contribution in [3.05, 3.63) is 54.1 Å². The highest BCUT2D eigenvalue weighted by molar-refractivity contribution is 5.80. The van der Waals surface area contributed by atoms with Crippen LogP contribution in [0.25, 0.3) is 11.1 Å². The van der Waals surface area contributed by atoms with E-state index in [-0.39, 0.29) is 6.42 Å². The summed E-state index contributed by atoms with van der Waals surface area (Å²) in [6.45, 7) is 7.48. The molecular formula is C22H27NO5. The number of aliphatic carboxylic acids is 1. The van der Waals surface area contributed by atoms with Gasteiger partial charge >= 0.3 is 12.1 Å². The lowest BCUT2D eigenvalue weighted by Gasteiger charge is -2.22. The number of alkyl carbamates (subject to hydrolysis) is 1. The number of carbonyl (C=O) groups is 2. The maximum atomic E-state index is 12.0. The van der Waals surface area contributed by atoms with E-state index < -0.39 is 23.7 Å². The van der Waals surface area contributed by atoms with E-state index in [4.69, 9.17) is 9.47 Å². The summed E-state index contributed by atoms with van der Waals surface area (Å²) in [5.41, 5.74) is 1.95. The molecular weight excluding hydrogens is 358 g/mol. The highest BCUT2D eigenvalue weighted by Gasteiger charge is 2.25. The van der Waals surface area contributed by atoms with Gasteiger partial charge in [-0.05, 0) is 56.5 Å². The molecule has 1 amide bonds. The third-order valence-corrected chi connectivity index (χ3v) is 3.88. The molecule has 2 rings (SSSR count). The molecule has 0 spiro atoms. The Labute approximate surface area is 165 Å². The van der Waals surface area contributed by atoms with E-state index in [0.717, 1.165) is 11.1 Å². The fourth-order valence-electron chi connectivity index (χ4n) is 2.72. The fraction of sp³-hybridized carbons (Fsp3) is 0.364. The first-order chi connectivity index (χ1) is 13.2. The van der Waals surface area contributed by atoms with Gasteiger partial charge in [-0.15, -0.1) is 0 Å². The molecule has 1 unspecified atom stereocenters. The molecule has 2 N–H and O–H groups in total. The lowest BCUT2D eigenvalue weighted by atomic mass is 9.98. The van der Waals surface area contributed by atoms with Gasteiger partial charge in [-0.2, -0.15) is 0 Å². The maximum absolute atomic E-state index is 12.0. The van der Waals surface area contributed by atoms with Gasteiger partial charge in [-0.3, -0.25) is 0 Å². The zero-order chi connectivity index (χ0) is 20.7. The number of carboxylic acid groups (broad SMARTS) is 1. The van der Waals surface area contributed by atoms with Crippen LogP contribution in [0.3, 0.4) is 0 Å². The Hall–Kier alpha value is -3.02. The summed E-state index contributed by atoms with van der Waals surface area (Å²) in [5, 5.41) is 12.0. The summed E-state index contributed by atoms with van der Waals surface area (Å²) in [6, 6.07) is 14.3. The van der Waals surface area contributed by atoms with Crippen LogP contribution in [0.15, 0.2) is 48.5 Å². The zero-order valence-electron chi connectivity index (χ0n) is 16.7. The first-order valence-electron chi connectivity index (χ1n) is 9.23. The van der Waals surface area contributed by atoms with Crippen molar-refractivity contribution in [1.82, 2.24) is 5.32 Å². The minimum absolute atomic E-state index is 0.0740. The Balaban J connectivity index is 2.29. The van der Waals surface area contributed by atoms with Crippen LogP contribution in [0.2, 0.25) is 0 Å². The molecule has 0 aliphatic carbocycles. The normalized spacial score (nSPS) is 12.1. The highest BCUT2D eigenvalue weighted by atomic mass is 16.6. The quantitative estimate of drug-likeness (QED) is 0.743. The number of hydrogen-bond donors (Lipinski definition) is 2. The topological polar surface area (TPSA) is 84.9 Å². The van der Waals surface area contributed by atoms with Crippen LogP contribution in [0.5, 0.6) is 5.75 Å². The van der Waals surface area contributed by atoms with E-state index in [1.54, 1.807) is 20.8 Å². The van der Waals surface area contributed by atoms with Crippen molar-refractivity contribution in [2.24, 2.45) is 0 Å². The standard InChI is InChI=1S/C22H27NO5/c1-5-27-19-12-11-16(15-9-7-6-8-10-15)13-17(19)14-18(20(24)25)23-21(26)28-22(2,3)4/h6-13,18H,5,14H2,1-4H3,(H,23,26)(H,24,25). The van der Waals surface area contributed by atoms with Gasteiger partial charge < -0.3 is 19.9 Å². The third kappa shape index (κ3) is 6.30. The van der Waals surface area contributed by atoms with E-state index >= 15 is 0 Å². The van der Waals surface area contributed by atoms with E-state index in [1.807, 2.05) is 55.5 Å². The van der Waals surface area contributed by atoms with Crippen molar-refractivity contribution in [2.75, 3.05) is 6.61 Å². The average Bonchev–Trinajstić information content (AvgIpc) is 2.61. The molecule has 2 aromatic rings. The number of ether oxygens (including phenoxy) is 2. The summed E-state index contributed by atoms with van der Waals surface area (Å²) in [4.78, 5) is 23.8. The van der Waals surface area contributed by atoms with Crippen LogP contribution in [0.1, 0.15) is 33.3 Å². The van der Waals surface area contributed by atoms with Crippen molar-refractivity contribution < 1.29 is 24.2 Å². The van der Waals surface area contributed by atoms with Gasteiger partial charge in [0.25, 0.3) is 0 Å². The van der Waals surface area contributed by atoms with E-state index in [0.29, 0.717) is 17.9 Å². The second-order valence-corrected chi connectivity index (χ2v) is 7.36. The smallest absolute Gasteiger partial charge is 0.408 e. The van der Waals surface area contributed by atoms with Crippen LogP contribution in [0.4, 0.5) is 4.79 Å². The van der Waals surface area contributed by atoms with E-state index in [1.165, 1.54) is 0 Å². The summed E-state index contributed by atoms with van der Waals surface area (Å²) < 4.78 is 10.8. The van der Waals surface area contributed by atoms with Crippen LogP contribution >= 0.6 is 0 Å². The van der Waals surface area contributed by atoms with Gasteiger partial charge in [0.2, 0.25) is 0 Å². The molecule has 0 heterocycles. The fourth-order valence-corrected chi connectivity index (χ4v) is 2.72. The molecule has 0 radical (unpaired) electrons. The molecule has 0 saturated carbocycles. The number of carboxylic acids is 1. The summed E-state index contributed by atoms with van der Waals surface area (Å²) in [7, 11) is 0. The number of benzene rings is 2. The van der Waals surface area contributed by atoms with Gasteiger partial charge in [-0.1, -0.05) is 36.4 Å². The highest BCUT2D eigenvalue weighted by Crippen LogP contribution is 2.28. The number of nitrogens with one attached hydrogen (secondary N) is 1. The van der Waals surface area contributed by atoms with Crippen molar-refractivity contribution >= 4 is 12.1 Å². The first kappa shape index (κ1) is 21.3. The lowest BCUT2D eigenvalue weighted by Crippen LogP contribution is -2.44. The molecule has 6 heteroatoms. The van der Waals surface area contributed by atoms with Crippen LogP contribution in [-0.2, 0) is 16.0 Å². The van der Waals surface area contributed by atoms with Gasteiger partial charge in [0.1, 0.15) is 17.4 Å².